The lowest BCUT2D eigenvalue weighted by atomic mass is 9.70. The Bertz CT molecular complexity index is 1480. The minimum atomic E-state index is -0.973. The smallest absolute Gasteiger partial charge is 0.355 e. The minimum Gasteiger partial charge on any atom is -0.456 e. The molecule has 0 N–H and O–H groups in total. The number of benzene rings is 2. The molecule has 229 valence electrons. The largest absolute Gasteiger partial charge is 0.456 e. The molecular weight excluding hydrogens is 623 g/mol. The topological polar surface area (TPSA) is 112 Å². The number of non-ortho nitro benzene ring substituents is 1. The molecule has 43 heavy (non-hydrogen) atoms. The van der Waals surface area contributed by atoms with Gasteiger partial charge in [-0.05, 0) is 78.6 Å². The number of esters is 1. The number of para-hydroxylation sites is 1. The van der Waals surface area contributed by atoms with Gasteiger partial charge in [-0.25, -0.2) is 9.78 Å². The van der Waals surface area contributed by atoms with Crippen LogP contribution in [-0.2, 0) is 25.4 Å². The summed E-state index contributed by atoms with van der Waals surface area (Å²) in [7, 11) is 2.07. The number of likely N-dealkylation sites (tertiary alicyclic amines) is 1. The summed E-state index contributed by atoms with van der Waals surface area (Å²) < 4.78 is 13.8. The number of fused-ring (bicyclic) bond motifs is 1. The number of nitro groups is 1. The highest BCUT2D eigenvalue weighted by Gasteiger charge is 2.56. The van der Waals surface area contributed by atoms with Gasteiger partial charge in [0.25, 0.3) is 5.69 Å². The van der Waals surface area contributed by atoms with Crippen molar-refractivity contribution in [3.8, 4) is 0 Å². The van der Waals surface area contributed by atoms with Crippen molar-refractivity contribution in [2.24, 2.45) is 17.3 Å². The van der Waals surface area contributed by atoms with E-state index in [-0.39, 0.29) is 46.5 Å². The number of nitrogens with zero attached hydrogens (tertiary/aromatic N) is 3. The van der Waals surface area contributed by atoms with Crippen LogP contribution in [-0.4, -0.2) is 47.7 Å². The van der Waals surface area contributed by atoms with Gasteiger partial charge in [-0.15, -0.1) is 11.3 Å². The van der Waals surface area contributed by atoms with E-state index in [1.807, 2.05) is 24.3 Å². The lowest BCUT2D eigenvalue weighted by Gasteiger charge is -2.52. The summed E-state index contributed by atoms with van der Waals surface area (Å²) in [6.45, 7) is 14.5. The van der Waals surface area contributed by atoms with Gasteiger partial charge in [0.15, 0.2) is 4.34 Å². The molecule has 2 heterocycles. The van der Waals surface area contributed by atoms with Crippen molar-refractivity contribution < 1.29 is 23.7 Å². The molecule has 1 aliphatic rings. The molecule has 1 amide bonds. The third kappa shape index (κ3) is 7.87. The second-order valence-electron chi connectivity index (χ2n) is 11.8. The number of thiazole rings is 1. The van der Waals surface area contributed by atoms with Crippen LogP contribution < -0.4 is 0 Å². The Hall–Kier alpha value is -2.71. The van der Waals surface area contributed by atoms with Crippen LogP contribution in [0.4, 0.5) is 5.69 Å². The van der Waals surface area contributed by atoms with Gasteiger partial charge in [0, 0.05) is 24.7 Å². The maximum atomic E-state index is 14.0. The van der Waals surface area contributed by atoms with E-state index in [2.05, 4.69) is 33.9 Å². The summed E-state index contributed by atoms with van der Waals surface area (Å²) in [6.07, 6.45) is 0. The number of hydrogen-bond donors (Lipinski definition) is 0. The van der Waals surface area contributed by atoms with Crippen LogP contribution in [0.1, 0.15) is 40.2 Å². The third-order valence-electron chi connectivity index (χ3n) is 7.10. The second kappa shape index (κ2) is 13.9. The van der Waals surface area contributed by atoms with Gasteiger partial charge >= 0.3 is 5.97 Å². The Kier molecular flexibility index (Phi) is 10.8. The molecule has 0 bridgehead atoms. The quantitative estimate of drug-likeness (QED) is 0.0368. The van der Waals surface area contributed by atoms with Crippen molar-refractivity contribution in [2.75, 3.05) is 6.61 Å². The van der Waals surface area contributed by atoms with Crippen molar-refractivity contribution in [1.29, 1.82) is 0 Å². The summed E-state index contributed by atoms with van der Waals surface area (Å²) in [6, 6.07) is 13.8. The molecule has 4 rings (SSSR count). The van der Waals surface area contributed by atoms with Crippen LogP contribution in [0.5, 0.6) is 0 Å². The van der Waals surface area contributed by atoms with Gasteiger partial charge in [0.2, 0.25) is 14.9 Å². The number of rotatable bonds is 12. The van der Waals surface area contributed by atoms with E-state index in [9.17, 15) is 19.7 Å². The third-order valence-corrected chi connectivity index (χ3v) is 11.9. The number of carbonyl (C=O) groups is 2. The summed E-state index contributed by atoms with van der Waals surface area (Å²) in [5.74, 6) is -1.18. The standard InChI is InChI=1S/C30H36N3O6S3Si/c1-18(2)25(28(35)38-16-19-12-14-20(15-13-19)33(36)37)32-26(34)24(21(30(3,4)5)17-39-43(6)7)27(32)41-42-29-31-22-10-8-9-11-23(22)40-29/h8-15,21,24,27H,16-17H2,1-7H3/t21-,24+,27-/m1/s1. The average molecular weight is 659 g/mol. The molecule has 1 saturated heterocycles. The maximum Gasteiger partial charge on any atom is 0.355 e. The molecule has 1 aromatic heterocycles. The van der Waals surface area contributed by atoms with Gasteiger partial charge < -0.3 is 9.16 Å². The normalized spacial score (nSPS) is 17.6. The molecule has 3 aromatic rings. The zero-order valence-corrected chi connectivity index (χ0v) is 28.7. The minimum absolute atomic E-state index is 0.0421. The first kappa shape index (κ1) is 33.2. The number of nitro benzene ring substituents is 1. The first-order valence-corrected chi connectivity index (χ1v) is 19.2. The molecule has 2 aromatic carbocycles. The van der Waals surface area contributed by atoms with E-state index in [1.165, 1.54) is 33.7 Å². The highest BCUT2D eigenvalue weighted by atomic mass is 33.1. The van der Waals surface area contributed by atoms with Crippen molar-refractivity contribution in [3.05, 3.63) is 75.5 Å². The van der Waals surface area contributed by atoms with Crippen molar-refractivity contribution in [2.45, 2.75) is 64.0 Å². The van der Waals surface area contributed by atoms with Gasteiger partial charge in [-0.3, -0.25) is 19.8 Å². The summed E-state index contributed by atoms with van der Waals surface area (Å²) in [5, 5.41) is 10.6. The van der Waals surface area contributed by atoms with Crippen LogP contribution in [0.2, 0.25) is 13.1 Å². The predicted molar refractivity (Wildman–Crippen MR) is 175 cm³/mol. The van der Waals surface area contributed by atoms with E-state index in [0.717, 1.165) is 14.6 Å². The lowest BCUT2D eigenvalue weighted by molar-refractivity contribution is -0.384. The molecule has 0 unspecified atom stereocenters. The van der Waals surface area contributed by atoms with Crippen LogP contribution in [0, 0.1) is 27.4 Å². The molecule has 13 heteroatoms. The molecule has 1 fully saturated rings. The molecular formula is C30H36N3O6S3Si. The SMILES string of the molecule is CC(C)=C(C(=O)OCc1ccc([N+](=O)[O-])cc1)N1C(=O)[C@H]([C@@H](CO[Si](C)C)C(C)(C)C)[C@H]1SSc1nc2ccccc2s1. The van der Waals surface area contributed by atoms with E-state index in [4.69, 9.17) is 14.1 Å². The summed E-state index contributed by atoms with van der Waals surface area (Å²) in [4.78, 5) is 44.4. The second-order valence-corrected chi connectivity index (χ2v) is 17.5. The number of aromatic nitrogens is 1. The lowest BCUT2D eigenvalue weighted by Crippen LogP contribution is -2.64. The highest BCUT2D eigenvalue weighted by molar-refractivity contribution is 8.77. The summed E-state index contributed by atoms with van der Waals surface area (Å²) in [5.41, 5.74) is 2.15. The first-order valence-electron chi connectivity index (χ1n) is 13.8. The fraction of sp³-hybridized carbons (Fsp3) is 0.433. The first-order chi connectivity index (χ1) is 20.3. The number of amides is 1. The molecule has 1 aliphatic heterocycles. The maximum absolute atomic E-state index is 14.0. The number of allylic oxidation sites excluding steroid dienone is 1. The van der Waals surface area contributed by atoms with Crippen molar-refractivity contribution in [3.63, 3.8) is 0 Å². The van der Waals surface area contributed by atoms with E-state index < -0.39 is 19.9 Å². The monoisotopic (exact) mass is 658 g/mol. The number of carbonyl (C=O) groups excluding carboxylic acids is 2. The average Bonchev–Trinajstić information content (AvgIpc) is 3.36. The molecule has 0 spiro atoms. The molecule has 0 aliphatic carbocycles. The van der Waals surface area contributed by atoms with Crippen LogP contribution in [0.15, 0.2) is 64.1 Å². The van der Waals surface area contributed by atoms with E-state index in [1.54, 1.807) is 42.2 Å². The van der Waals surface area contributed by atoms with Gasteiger partial charge in [0.1, 0.15) is 17.7 Å². The Morgan fingerprint density at radius 3 is 2.42 bits per heavy atom. The zero-order valence-electron chi connectivity index (χ0n) is 25.3. The van der Waals surface area contributed by atoms with Gasteiger partial charge in [0.05, 0.1) is 21.1 Å². The predicted octanol–water partition coefficient (Wildman–Crippen LogP) is 7.70. The fourth-order valence-electron chi connectivity index (χ4n) is 4.80. The number of β-lactam (4-membered cyclic amide) rings is 1. The van der Waals surface area contributed by atoms with Gasteiger partial charge in [-0.1, -0.05) is 43.7 Å². The Morgan fingerprint density at radius 1 is 1.16 bits per heavy atom. The molecule has 0 saturated carbocycles. The molecule has 9 nitrogen and oxygen atoms in total. The van der Waals surface area contributed by atoms with Crippen LogP contribution in [0.3, 0.4) is 0 Å². The molecule has 3 atom stereocenters. The number of ether oxygens (including phenoxy) is 1. The zero-order chi connectivity index (χ0) is 31.5. The summed E-state index contributed by atoms with van der Waals surface area (Å²) >= 11 is 1.60. The van der Waals surface area contributed by atoms with Crippen molar-refractivity contribution >= 4 is 69.7 Å². The van der Waals surface area contributed by atoms with E-state index >= 15 is 0 Å². The Labute approximate surface area is 265 Å². The van der Waals surface area contributed by atoms with Crippen LogP contribution in [0.25, 0.3) is 10.2 Å². The molecule has 1 radical (unpaired) electrons. The fourth-order valence-corrected chi connectivity index (χ4v) is 9.38. The van der Waals surface area contributed by atoms with E-state index in [0.29, 0.717) is 17.7 Å². The highest BCUT2D eigenvalue weighted by Crippen LogP contribution is 2.53. The Morgan fingerprint density at radius 2 is 1.84 bits per heavy atom. The van der Waals surface area contributed by atoms with Gasteiger partial charge in [-0.2, -0.15) is 0 Å². The van der Waals surface area contributed by atoms with Crippen LogP contribution >= 0.6 is 32.9 Å². The van der Waals surface area contributed by atoms with Crippen molar-refractivity contribution in [1.82, 2.24) is 9.88 Å². The number of hydrogen-bond acceptors (Lipinski definition) is 10. The Balaban J connectivity index is 1.60.